The minimum Gasteiger partial charge on any atom is -0.444 e. The van der Waals surface area contributed by atoms with Gasteiger partial charge in [0, 0.05) is 5.38 Å². The second kappa shape index (κ2) is 8.89. The van der Waals surface area contributed by atoms with Gasteiger partial charge in [-0.25, -0.2) is 9.78 Å². The lowest BCUT2D eigenvalue weighted by Gasteiger charge is -2.19. The SMILES string of the molecule is CNC.CNC(C)c1nc(NC(=O)OC(C)(C)C)cs1. The van der Waals surface area contributed by atoms with Crippen molar-refractivity contribution >= 4 is 23.2 Å². The molecule has 0 aliphatic rings. The molecule has 0 spiro atoms. The number of carbonyl (C=O) groups excluding carboxylic acids is 1. The molecular formula is C13H26N4O2S. The van der Waals surface area contributed by atoms with Crippen molar-refractivity contribution in [3.05, 3.63) is 10.4 Å². The third kappa shape index (κ3) is 8.08. The van der Waals surface area contributed by atoms with Gasteiger partial charge in [0.05, 0.1) is 6.04 Å². The van der Waals surface area contributed by atoms with Crippen LogP contribution < -0.4 is 16.0 Å². The lowest BCUT2D eigenvalue weighted by atomic mass is 10.2. The average Bonchev–Trinajstić information content (AvgIpc) is 2.74. The number of ether oxygens (including phenoxy) is 1. The van der Waals surface area contributed by atoms with Crippen molar-refractivity contribution in [2.24, 2.45) is 0 Å². The molecule has 1 unspecified atom stereocenters. The van der Waals surface area contributed by atoms with E-state index < -0.39 is 11.7 Å². The van der Waals surface area contributed by atoms with Crippen LogP contribution in [0.15, 0.2) is 5.38 Å². The largest absolute Gasteiger partial charge is 0.444 e. The van der Waals surface area contributed by atoms with Crippen LogP contribution in [0.3, 0.4) is 0 Å². The molecule has 0 radical (unpaired) electrons. The molecule has 0 aliphatic carbocycles. The van der Waals surface area contributed by atoms with Gasteiger partial charge in [-0.15, -0.1) is 11.3 Å². The number of anilines is 1. The molecule has 1 aromatic heterocycles. The second-order valence-corrected chi connectivity index (χ2v) is 6.10. The number of amides is 1. The molecule has 1 aromatic rings. The molecule has 1 heterocycles. The lowest BCUT2D eigenvalue weighted by molar-refractivity contribution is 0.0635. The Morgan fingerprint density at radius 2 is 1.90 bits per heavy atom. The van der Waals surface area contributed by atoms with Crippen molar-refractivity contribution in [3.63, 3.8) is 0 Å². The third-order valence-corrected chi connectivity index (χ3v) is 2.98. The molecule has 1 atom stereocenters. The van der Waals surface area contributed by atoms with Crippen molar-refractivity contribution in [3.8, 4) is 0 Å². The summed E-state index contributed by atoms with van der Waals surface area (Å²) >= 11 is 1.50. The smallest absolute Gasteiger partial charge is 0.413 e. The fraction of sp³-hybridized carbons (Fsp3) is 0.692. The normalized spacial score (nSPS) is 12.2. The van der Waals surface area contributed by atoms with Gasteiger partial charge in [-0.3, -0.25) is 5.32 Å². The van der Waals surface area contributed by atoms with Crippen LogP contribution in [0.1, 0.15) is 38.7 Å². The molecule has 6 nitrogen and oxygen atoms in total. The van der Waals surface area contributed by atoms with Crippen molar-refractivity contribution in [2.75, 3.05) is 26.5 Å². The first kappa shape index (κ1) is 18.8. The Morgan fingerprint density at radius 3 is 2.35 bits per heavy atom. The predicted molar refractivity (Wildman–Crippen MR) is 84.4 cm³/mol. The van der Waals surface area contributed by atoms with E-state index in [-0.39, 0.29) is 6.04 Å². The van der Waals surface area contributed by atoms with Crippen LogP contribution in [0.5, 0.6) is 0 Å². The molecule has 0 aliphatic heterocycles. The molecule has 0 saturated heterocycles. The van der Waals surface area contributed by atoms with Gasteiger partial charge in [-0.2, -0.15) is 0 Å². The van der Waals surface area contributed by atoms with Crippen LogP contribution in [0.2, 0.25) is 0 Å². The van der Waals surface area contributed by atoms with Gasteiger partial charge in [0.25, 0.3) is 0 Å². The van der Waals surface area contributed by atoms with E-state index in [2.05, 4.69) is 20.9 Å². The summed E-state index contributed by atoms with van der Waals surface area (Å²) in [4.78, 5) is 15.8. The molecule has 0 saturated carbocycles. The first-order valence-electron chi connectivity index (χ1n) is 6.44. The van der Waals surface area contributed by atoms with Gasteiger partial charge < -0.3 is 15.4 Å². The van der Waals surface area contributed by atoms with Crippen LogP contribution in [0, 0.1) is 0 Å². The number of hydrogen-bond acceptors (Lipinski definition) is 6. The quantitative estimate of drug-likeness (QED) is 0.800. The number of thiazole rings is 1. The van der Waals surface area contributed by atoms with E-state index in [1.54, 1.807) is 5.38 Å². The summed E-state index contributed by atoms with van der Waals surface area (Å²) in [5.41, 5.74) is -0.499. The summed E-state index contributed by atoms with van der Waals surface area (Å²) in [5, 5.41) is 11.2. The summed E-state index contributed by atoms with van der Waals surface area (Å²) in [6, 6.07) is 0.175. The van der Waals surface area contributed by atoms with Crippen molar-refractivity contribution < 1.29 is 9.53 Å². The topological polar surface area (TPSA) is 75.3 Å². The Hall–Kier alpha value is -1.18. The predicted octanol–water partition coefficient (Wildman–Crippen LogP) is 2.61. The highest BCUT2D eigenvalue weighted by Crippen LogP contribution is 2.20. The summed E-state index contributed by atoms with van der Waals surface area (Å²) in [6.45, 7) is 7.47. The van der Waals surface area contributed by atoms with Crippen LogP contribution >= 0.6 is 11.3 Å². The van der Waals surface area contributed by atoms with E-state index in [0.717, 1.165) is 5.01 Å². The second-order valence-electron chi connectivity index (χ2n) is 5.21. The molecule has 0 fully saturated rings. The maximum absolute atomic E-state index is 11.5. The summed E-state index contributed by atoms with van der Waals surface area (Å²) in [6.07, 6.45) is -0.480. The van der Waals surface area contributed by atoms with Gasteiger partial charge in [-0.1, -0.05) is 0 Å². The van der Waals surface area contributed by atoms with Crippen molar-refractivity contribution in [1.29, 1.82) is 0 Å². The van der Waals surface area contributed by atoms with Crippen LogP contribution in [-0.4, -0.2) is 37.8 Å². The fourth-order valence-electron chi connectivity index (χ4n) is 1.08. The number of aromatic nitrogens is 1. The number of rotatable bonds is 3. The van der Waals surface area contributed by atoms with Crippen LogP contribution in [0.25, 0.3) is 0 Å². The van der Waals surface area contributed by atoms with Gasteiger partial charge in [0.1, 0.15) is 16.4 Å². The van der Waals surface area contributed by atoms with Crippen LogP contribution in [-0.2, 0) is 4.74 Å². The van der Waals surface area contributed by atoms with Crippen molar-refractivity contribution in [2.45, 2.75) is 39.3 Å². The number of hydrogen-bond donors (Lipinski definition) is 3. The minimum absolute atomic E-state index is 0.175. The Labute approximate surface area is 125 Å². The molecule has 0 bridgehead atoms. The fourth-order valence-corrected chi connectivity index (χ4v) is 1.89. The summed E-state index contributed by atoms with van der Waals surface area (Å²) < 4.78 is 5.14. The average molecular weight is 302 g/mol. The zero-order valence-electron chi connectivity index (χ0n) is 13.3. The van der Waals surface area contributed by atoms with E-state index in [1.165, 1.54) is 11.3 Å². The zero-order chi connectivity index (χ0) is 15.8. The van der Waals surface area contributed by atoms with E-state index >= 15 is 0 Å². The highest BCUT2D eigenvalue weighted by molar-refractivity contribution is 7.10. The molecule has 1 rings (SSSR count). The van der Waals surface area contributed by atoms with E-state index in [0.29, 0.717) is 5.82 Å². The molecule has 3 N–H and O–H groups in total. The zero-order valence-corrected chi connectivity index (χ0v) is 14.1. The van der Waals surface area contributed by atoms with E-state index in [4.69, 9.17) is 4.74 Å². The van der Waals surface area contributed by atoms with E-state index in [9.17, 15) is 4.79 Å². The van der Waals surface area contributed by atoms with Crippen LogP contribution in [0.4, 0.5) is 10.6 Å². The monoisotopic (exact) mass is 302 g/mol. The molecular weight excluding hydrogens is 276 g/mol. The number of nitrogens with one attached hydrogen (secondary N) is 3. The van der Waals surface area contributed by atoms with Crippen molar-refractivity contribution in [1.82, 2.24) is 15.6 Å². The molecule has 0 aromatic carbocycles. The Balaban J connectivity index is 0.00000110. The number of carbonyl (C=O) groups is 1. The first-order valence-corrected chi connectivity index (χ1v) is 7.32. The highest BCUT2D eigenvalue weighted by Gasteiger charge is 2.17. The molecule has 116 valence electrons. The minimum atomic E-state index is -0.499. The molecule has 7 heteroatoms. The van der Waals surface area contributed by atoms with Gasteiger partial charge in [0.15, 0.2) is 0 Å². The van der Waals surface area contributed by atoms with Gasteiger partial charge in [0.2, 0.25) is 0 Å². The molecule has 1 amide bonds. The lowest BCUT2D eigenvalue weighted by Crippen LogP contribution is -2.27. The number of nitrogens with zero attached hydrogens (tertiary/aromatic N) is 1. The maximum atomic E-state index is 11.5. The standard InChI is InChI=1S/C11H19N3O2S.C2H7N/c1-7(12-5)9-13-8(6-17-9)14-10(15)16-11(2,3)4;1-3-2/h6-7,12H,1-5H3,(H,14,15);3H,1-2H3. The first-order chi connectivity index (χ1) is 9.23. The Morgan fingerprint density at radius 1 is 1.35 bits per heavy atom. The van der Waals surface area contributed by atoms with Gasteiger partial charge in [-0.05, 0) is 48.8 Å². The van der Waals surface area contributed by atoms with Gasteiger partial charge >= 0.3 is 6.09 Å². The van der Waals surface area contributed by atoms with E-state index in [1.807, 2.05) is 48.8 Å². The Bertz CT molecular complexity index is 401. The maximum Gasteiger partial charge on any atom is 0.413 e. The summed E-state index contributed by atoms with van der Waals surface area (Å²) in [5.74, 6) is 0.529. The third-order valence-electron chi connectivity index (χ3n) is 1.95. The molecule has 20 heavy (non-hydrogen) atoms. The Kier molecular flexibility index (Phi) is 8.36. The highest BCUT2D eigenvalue weighted by atomic mass is 32.1. The summed E-state index contributed by atoms with van der Waals surface area (Å²) in [7, 11) is 5.62.